The predicted octanol–water partition coefficient (Wildman–Crippen LogP) is 3.45. The highest BCUT2D eigenvalue weighted by Gasteiger charge is 2.20. The van der Waals surface area contributed by atoms with Crippen molar-refractivity contribution in [2.24, 2.45) is 0 Å². The molecule has 0 aromatic heterocycles. The van der Waals surface area contributed by atoms with E-state index in [1.54, 1.807) is 0 Å². The number of hydrogen-bond acceptors (Lipinski definition) is 1. The lowest BCUT2D eigenvalue weighted by molar-refractivity contribution is 0.466. The van der Waals surface area contributed by atoms with Crippen molar-refractivity contribution in [3.05, 3.63) is 28.3 Å². The maximum Gasteiger partial charge on any atom is 0.119 e. The number of phenols is 1. The van der Waals surface area contributed by atoms with Crippen molar-refractivity contribution < 1.29 is 5.11 Å². The molecule has 0 spiro atoms. The molecule has 1 heteroatoms. The zero-order valence-corrected chi connectivity index (χ0v) is 9.22. The van der Waals surface area contributed by atoms with Gasteiger partial charge in [0.1, 0.15) is 5.75 Å². The van der Waals surface area contributed by atoms with Gasteiger partial charge in [-0.1, -0.05) is 6.92 Å². The monoisotopic (exact) mass is 190 g/mol. The molecule has 76 valence electrons. The smallest absolute Gasteiger partial charge is 0.119 e. The summed E-state index contributed by atoms with van der Waals surface area (Å²) in [5.41, 5.74) is 5.21. The number of rotatable bonds is 0. The van der Waals surface area contributed by atoms with E-state index in [2.05, 4.69) is 13.8 Å². The lowest BCUT2D eigenvalue weighted by Crippen LogP contribution is -2.09. The number of benzene rings is 1. The van der Waals surface area contributed by atoms with Gasteiger partial charge in [0.15, 0.2) is 0 Å². The molecule has 1 nitrogen and oxygen atoms in total. The number of fused-ring (bicyclic) bond motifs is 1. The molecule has 0 saturated carbocycles. The standard InChI is InChI=1S/C13H18O/c1-8-5-4-6-11-9(2)10(3)13(14)7-12(8)11/h7-8,14H,4-6H2,1-3H3. The third kappa shape index (κ3) is 1.31. The highest BCUT2D eigenvalue weighted by Crippen LogP contribution is 2.37. The molecule has 1 unspecified atom stereocenters. The van der Waals surface area contributed by atoms with Gasteiger partial charge in [-0.05, 0) is 67.3 Å². The largest absolute Gasteiger partial charge is 0.508 e. The van der Waals surface area contributed by atoms with Crippen LogP contribution in [-0.2, 0) is 6.42 Å². The molecule has 0 amide bonds. The molecule has 14 heavy (non-hydrogen) atoms. The van der Waals surface area contributed by atoms with E-state index in [-0.39, 0.29) is 0 Å². The van der Waals surface area contributed by atoms with Crippen molar-refractivity contribution in [1.82, 2.24) is 0 Å². The third-order valence-corrected chi connectivity index (χ3v) is 3.63. The minimum absolute atomic E-state index is 0.468. The third-order valence-electron chi connectivity index (χ3n) is 3.63. The first-order valence-electron chi connectivity index (χ1n) is 5.43. The van der Waals surface area contributed by atoms with E-state index >= 15 is 0 Å². The maximum atomic E-state index is 9.77. The van der Waals surface area contributed by atoms with Crippen LogP contribution in [0.25, 0.3) is 0 Å². The Balaban J connectivity index is 2.63. The Morgan fingerprint density at radius 3 is 2.71 bits per heavy atom. The van der Waals surface area contributed by atoms with Crippen LogP contribution in [0.5, 0.6) is 5.75 Å². The van der Waals surface area contributed by atoms with Crippen molar-refractivity contribution in [3.8, 4) is 5.75 Å². The lowest BCUT2D eigenvalue weighted by atomic mass is 9.80. The highest BCUT2D eigenvalue weighted by atomic mass is 16.3. The van der Waals surface area contributed by atoms with Crippen LogP contribution in [0.1, 0.15) is 47.9 Å². The summed E-state index contributed by atoms with van der Waals surface area (Å²) in [6.07, 6.45) is 3.74. The molecule has 0 saturated heterocycles. The van der Waals surface area contributed by atoms with Crippen LogP contribution >= 0.6 is 0 Å². The Morgan fingerprint density at radius 1 is 1.29 bits per heavy atom. The van der Waals surface area contributed by atoms with Gasteiger partial charge in [-0.2, -0.15) is 0 Å². The Kier molecular flexibility index (Phi) is 2.26. The molecule has 1 atom stereocenters. The van der Waals surface area contributed by atoms with Crippen molar-refractivity contribution in [3.63, 3.8) is 0 Å². The first-order chi connectivity index (χ1) is 6.61. The Bertz CT molecular complexity index is 366. The second-order valence-corrected chi connectivity index (χ2v) is 4.51. The minimum atomic E-state index is 0.468. The van der Waals surface area contributed by atoms with Crippen LogP contribution < -0.4 is 0 Å². The first kappa shape index (κ1) is 9.57. The van der Waals surface area contributed by atoms with Crippen LogP contribution in [-0.4, -0.2) is 5.11 Å². The summed E-state index contributed by atoms with van der Waals surface area (Å²) in [5, 5.41) is 9.77. The van der Waals surface area contributed by atoms with Gasteiger partial charge in [-0.25, -0.2) is 0 Å². The van der Waals surface area contributed by atoms with Crippen molar-refractivity contribution in [2.45, 2.75) is 46.0 Å². The molecular weight excluding hydrogens is 172 g/mol. The van der Waals surface area contributed by atoms with Crippen molar-refractivity contribution in [2.75, 3.05) is 0 Å². The van der Waals surface area contributed by atoms with Gasteiger partial charge in [0.2, 0.25) is 0 Å². The summed E-state index contributed by atoms with van der Waals surface area (Å²) >= 11 is 0. The minimum Gasteiger partial charge on any atom is -0.508 e. The fourth-order valence-corrected chi connectivity index (χ4v) is 2.49. The fraction of sp³-hybridized carbons (Fsp3) is 0.538. The lowest BCUT2D eigenvalue weighted by Gasteiger charge is -2.25. The fourth-order valence-electron chi connectivity index (χ4n) is 2.49. The number of aromatic hydroxyl groups is 1. The summed E-state index contributed by atoms with van der Waals surface area (Å²) in [6, 6.07) is 1.97. The second kappa shape index (κ2) is 3.30. The summed E-state index contributed by atoms with van der Waals surface area (Å²) in [6.45, 7) is 6.39. The molecule has 2 rings (SSSR count). The Hall–Kier alpha value is -0.980. The maximum absolute atomic E-state index is 9.77. The number of hydrogen-bond donors (Lipinski definition) is 1. The van der Waals surface area contributed by atoms with Crippen LogP contribution in [0.15, 0.2) is 6.07 Å². The average molecular weight is 190 g/mol. The molecule has 0 aliphatic heterocycles. The zero-order valence-electron chi connectivity index (χ0n) is 9.22. The van der Waals surface area contributed by atoms with Crippen LogP contribution in [0.4, 0.5) is 0 Å². The highest BCUT2D eigenvalue weighted by molar-refractivity contribution is 5.49. The zero-order chi connectivity index (χ0) is 10.3. The summed E-state index contributed by atoms with van der Waals surface area (Å²) < 4.78 is 0. The normalized spacial score (nSPS) is 20.6. The molecule has 1 N–H and O–H groups in total. The first-order valence-corrected chi connectivity index (χ1v) is 5.43. The van der Waals surface area contributed by atoms with Gasteiger partial charge < -0.3 is 5.11 Å². The summed E-state index contributed by atoms with van der Waals surface area (Å²) in [7, 11) is 0. The molecule has 1 aromatic rings. The molecule has 0 fully saturated rings. The van der Waals surface area contributed by atoms with E-state index in [0.29, 0.717) is 11.7 Å². The quantitative estimate of drug-likeness (QED) is 0.664. The Labute approximate surface area is 85.8 Å². The molecule has 0 heterocycles. The van der Waals surface area contributed by atoms with E-state index in [1.165, 1.54) is 36.0 Å². The SMILES string of the molecule is Cc1c(O)cc2c(c1C)CCCC2C. The van der Waals surface area contributed by atoms with Crippen molar-refractivity contribution in [1.29, 1.82) is 0 Å². The van der Waals surface area contributed by atoms with Crippen LogP contribution in [0, 0.1) is 13.8 Å². The number of phenolic OH excluding ortho intramolecular Hbond substituents is 1. The topological polar surface area (TPSA) is 20.2 Å². The van der Waals surface area contributed by atoms with Crippen LogP contribution in [0.3, 0.4) is 0 Å². The second-order valence-electron chi connectivity index (χ2n) is 4.51. The molecule has 1 aliphatic rings. The summed E-state index contributed by atoms with van der Waals surface area (Å²) in [5.74, 6) is 1.08. The van der Waals surface area contributed by atoms with E-state index in [1.807, 2.05) is 13.0 Å². The predicted molar refractivity (Wildman–Crippen MR) is 58.9 cm³/mol. The molecule has 0 radical (unpaired) electrons. The van der Waals surface area contributed by atoms with Crippen LogP contribution in [0.2, 0.25) is 0 Å². The molecule has 1 aromatic carbocycles. The Morgan fingerprint density at radius 2 is 2.00 bits per heavy atom. The van der Waals surface area contributed by atoms with E-state index in [9.17, 15) is 5.11 Å². The van der Waals surface area contributed by atoms with Gasteiger partial charge in [0.05, 0.1) is 0 Å². The molecular formula is C13H18O. The van der Waals surface area contributed by atoms with E-state index in [0.717, 1.165) is 5.56 Å². The van der Waals surface area contributed by atoms with E-state index < -0.39 is 0 Å². The molecule has 0 bridgehead atoms. The van der Waals surface area contributed by atoms with Gasteiger partial charge in [-0.15, -0.1) is 0 Å². The average Bonchev–Trinajstić information content (AvgIpc) is 2.17. The molecule has 1 aliphatic carbocycles. The van der Waals surface area contributed by atoms with Crippen molar-refractivity contribution >= 4 is 0 Å². The van der Waals surface area contributed by atoms with E-state index in [4.69, 9.17) is 0 Å². The van der Waals surface area contributed by atoms with Gasteiger partial charge in [0, 0.05) is 0 Å². The van der Waals surface area contributed by atoms with Gasteiger partial charge in [0.25, 0.3) is 0 Å². The van der Waals surface area contributed by atoms with Gasteiger partial charge >= 0.3 is 0 Å². The summed E-state index contributed by atoms with van der Waals surface area (Å²) in [4.78, 5) is 0. The van der Waals surface area contributed by atoms with Gasteiger partial charge in [-0.3, -0.25) is 0 Å².